The van der Waals surface area contributed by atoms with Gasteiger partial charge >= 0.3 is 13.1 Å². The number of thiophene rings is 1. The zero-order valence-corrected chi connectivity index (χ0v) is 12.9. The highest BCUT2D eigenvalue weighted by Gasteiger charge is 2.14. The van der Waals surface area contributed by atoms with E-state index in [-0.39, 0.29) is 5.56 Å². The van der Waals surface area contributed by atoms with E-state index >= 15 is 0 Å². The molecule has 0 unspecified atom stereocenters. The van der Waals surface area contributed by atoms with Gasteiger partial charge in [0.25, 0.3) is 0 Å². The molecule has 1 aromatic heterocycles. The highest BCUT2D eigenvalue weighted by atomic mass is 32.1. The maximum Gasteiger partial charge on any atom is 0.499 e. The molecule has 2 aromatic carbocycles. The molecule has 116 valence electrons. The number of aromatic carboxylic acids is 1. The van der Waals surface area contributed by atoms with Crippen molar-refractivity contribution in [3.63, 3.8) is 0 Å². The van der Waals surface area contributed by atoms with Crippen molar-refractivity contribution in [1.29, 1.82) is 0 Å². The summed E-state index contributed by atoms with van der Waals surface area (Å²) in [5.74, 6) is -0.955. The molecule has 0 bridgehead atoms. The third-order valence-electron chi connectivity index (χ3n) is 3.46. The van der Waals surface area contributed by atoms with Gasteiger partial charge in [-0.15, -0.1) is 11.3 Å². The molecule has 0 radical (unpaired) electrons. The Kier molecular flexibility index (Phi) is 4.34. The number of rotatable bonds is 5. The number of hydrogen-bond acceptors (Lipinski definition) is 5. The van der Waals surface area contributed by atoms with Gasteiger partial charge in [0.2, 0.25) is 0 Å². The summed E-state index contributed by atoms with van der Waals surface area (Å²) in [4.78, 5) is 11.0. The van der Waals surface area contributed by atoms with E-state index in [9.17, 15) is 14.8 Å². The lowest BCUT2D eigenvalue weighted by Gasteiger charge is -2.07. The van der Waals surface area contributed by atoms with E-state index in [2.05, 4.69) is 5.32 Å². The second-order valence-electron chi connectivity index (χ2n) is 5.13. The third kappa shape index (κ3) is 3.53. The lowest BCUT2D eigenvalue weighted by atomic mass is 9.89. The SMILES string of the molecule is O=C(O)c1cccc(NCc2ccc3sc(B(O)O)cc3c2)c1. The Morgan fingerprint density at radius 2 is 1.96 bits per heavy atom. The molecule has 0 aliphatic carbocycles. The summed E-state index contributed by atoms with van der Waals surface area (Å²) in [6.07, 6.45) is 0. The summed E-state index contributed by atoms with van der Waals surface area (Å²) in [5.41, 5.74) is 2.00. The minimum absolute atomic E-state index is 0.241. The molecule has 23 heavy (non-hydrogen) atoms. The van der Waals surface area contributed by atoms with Crippen LogP contribution >= 0.6 is 11.3 Å². The molecule has 5 nitrogen and oxygen atoms in total. The van der Waals surface area contributed by atoms with Crippen LogP contribution in [0.5, 0.6) is 0 Å². The lowest BCUT2D eigenvalue weighted by Crippen LogP contribution is -2.26. The first-order chi connectivity index (χ1) is 11.0. The van der Waals surface area contributed by atoms with Gasteiger partial charge in [0, 0.05) is 21.7 Å². The second-order valence-corrected chi connectivity index (χ2v) is 6.25. The molecule has 3 rings (SSSR count). The summed E-state index contributed by atoms with van der Waals surface area (Å²) < 4.78 is 1.50. The van der Waals surface area contributed by atoms with E-state index in [1.807, 2.05) is 24.3 Å². The summed E-state index contributed by atoms with van der Waals surface area (Å²) >= 11 is 1.35. The molecule has 0 amide bonds. The van der Waals surface area contributed by atoms with Crippen LogP contribution in [0.2, 0.25) is 0 Å². The fourth-order valence-electron chi connectivity index (χ4n) is 2.32. The molecule has 0 aliphatic rings. The molecule has 0 spiro atoms. The number of carboxylic acid groups (broad SMARTS) is 1. The first-order valence-corrected chi connectivity index (χ1v) is 7.80. The Balaban J connectivity index is 1.76. The fourth-order valence-corrected chi connectivity index (χ4v) is 3.23. The molecule has 0 saturated carbocycles. The normalized spacial score (nSPS) is 10.7. The van der Waals surface area contributed by atoms with E-state index in [4.69, 9.17) is 5.11 Å². The number of fused-ring (bicyclic) bond motifs is 1. The number of benzene rings is 2. The number of anilines is 1. The maximum absolute atomic E-state index is 11.0. The van der Waals surface area contributed by atoms with Crippen LogP contribution in [0.15, 0.2) is 48.5 Å². The van der Waals surface area contributed by atoms with Gasteiger partial charge in [0.05, 0.1) is 5.56 Å². The standard InChI is InChI=1S/C16H14BNO4S/c19-16(20)11-2-1-3-13(7-11)18-9-10-4-5-14-12(6-10)8-15(23-14)17(21)22/h1-8,18,21-22H,9H2,(H,19,20). The van der Waals surface area contributed by atoms with Crippen LogP contribution < -0.4 is 10.1 Å². The van der Waals surface area contributed by atoms with Crippen molar-refractivity contribution in [2.45, 2.75) is 6.54 Å². The van der Waals surface area contributed by atoms with Gasteiger partial charge in [-0.25, -0.2) is 4.79 Å². The lowest BCUT2D eigenvalue weighted by molar-refractivity contribution is 0.0697. The van der Waals surface area contributed by atoms with Crippen molar-refractivity contribution >= 4 is 45.0 Å². The molecular formula is C16H14BNO4S. The molecule has 1 heterocycles. The second kappa shape index (κ2) is 6.41. The Morgan fingerprint density at radius 3 is 2.70 bits per heavy atom. The minimum atomic E-state index is -1.45. The monoisotopic (exact) mass is 327 g/mol. The summed E-state index contributed by atoms with van der Waals surface area (Å²) in [6.45, 7) is 0.547. The van der Waals surface area contributed by atoms with Gasteiger partial charge in [-0.2, -0.15) is 0 Å². The number of nitrogens with one attached hydrogen (secondary N) is 1. The minimum Gasteiger partial charge on any atom is -0.478 e. The molecule has 0 atom stereocenters. The Hall–Kier alpha value is -2.35. The van der Waals surface area contributed by atoms with Crippen molar-refractivity contribution < 1.29 is 19.9 Å². The Morgan fingerprint density at radius 1 is 1.13 bits per heavy atom. The Labute approximate surface area is 137 Å². The highest BCUT2D eigenvalue weighted by molar-refractivity contribution is 7.27. The zero-order chi connectivity index (χ0) is 16.4. The molecule has 0 aliphatic heterocycles. The van der Waals surface area contributed by atoms with E-state index in [1.54, 1.807) is 24.3 Å². The number of carboxylic acids is 1. The first-order valence-electron chi connectivity index (χ1n) is 6.98. The molecule has 0 saturated heterocycles. The van der Waals surface area contributed by atoms with Crippen molar-refractivity contribution in [2.24, 2.45) is 0 Å². The van der Waals surface area contributed by atoms with Gasteiger partial charge in [0.1, 0.15) is 0 Å². The molecule has 7 heteroatoms. The largest absolute Gasteiger partial charge is 0.499 e. The van der Waals surface area contributed by atoms with Crippen LogP contribution in [0.4, 0.5) is 5.69 Å². The molecular weight excluding hydrogens is 313 g/mol. The van der Waals surface area contributed by atoms with Crippen molar-refractivity contribution in [2.75, 3.05) is 5.32 Å². The molecule has 4 N–H and O–H groups in total. The van der Waals surface area contributed by atoms with Crippen LogP contribution in [0, 0.1) is 0 Å². The fraction of sp³-hybridized carbons (Fsp3) is 0.0625. The molecule has 0 fully saturated rings. The number of carbonyl (C=O) groups is 1. The molecule has 3 aromatic rings. The van der Waals surface area contributed by atoms with Crippen LogP contribution in [0.1, 0.15) is 15.9 Å². The third-order valence-corrected chi connectivity index (χ3v) is 4.62. The highest BCUT2D eigenvalue weighted by Crippen LogP contribution is 2.21. The average Bonchev–Trinajstić information content (AvgIpc) is 2.96. The van der Waals surface area contributed by atoms with Crippen molar-refractivity contribution in [3.8, 4) is 0 Å². The van der Waals surface area contributed by atoms with E-state index in [0.717, 1.165) is 21.3 Å². The van der Waals surface area contributed by atoms with Gasteiger partial charge in [-0.3, -0.25) is 0 Å². The predicted molar refractivity (Wildman–Crippen MR) is 92.4 cm³/mol. The van der Waals surface area contributed by atoms with Gasteiger partial charge < -0.3 is 20.5 Å². The van der Waals surface area contributed by atoms with E-state index in [0.29, 0.717) is 11.3 Å². The van der Waals surface area contributed by atoms with Gasteiger partial charge in [-0.1, -0.05) is 12.1 Å². The smallest absolute Gasteiger partial charge is 0.478 e. The van der Waals surface area contributed by atoms with Gasteiger partial charge in [-0.05, 0) is 47.3 Å². The summed E-state index contributed by atoms with van der Waals surface area (Å²) in [6, 6.07) is 14.3. The quantitative estimate of drug-likeness (QED) is 0.538. The average molecular weight is 327 g/mol. The summed E-state index contributed by atoms with van der Waals surface area (Å²) in [5, 5.41) is 31.6. The Bertz CT molecular complexity index is 862. The maximum atomic E-state index is 11.0. The van der Waals surface area contributed by atoms with E-state index < -0.39 is 13.1 Å². The van der Waals surface area contributed by atoms with Crippen molar-refractivity contribution in [1.82, 2.24) is 0 Å². The van der Waals surface area contributed by atoms with Crippen LogP contribution in [0.25, 0.3) is 10.1 Å². The predicted octanol–water partition coefficient (Wildman–Crippen LogP) is 1.89. The van der Waals surface area contributed by atoms with Crippen LogP contribution in [-0.4, -0.2) is 28.2 Å². The first kappa shape index (κ1) is 15.5. The topological polar surface area (TPSA) is 89.8 Å². The van der Waals surface area contributed by atoms with Crippen molar-refractivity contribution in [3.05, 3.63) is 59.7 Å². The summed E-state index contributed by atoms with van der Waals surface area (Å²) in [7, 11) is -1.45. The zero-order valence-electron chi connectivity index (χ0n) is 12.1. The van der Waals surface area contributed by atoms with Gasteiger partial charge in [0.15, 0.2) is 0 Å². The van der Waals surface area contributed by atoms with Crippen LogP contribution in [-0.2, 0) is 6.54 Å². The number of hydrogen-bond donors (Lipinski definition) is 4. The van der Waals surface area contributed by atoms with E-state index in [1.165, 1.54) is 11.3 Å². The van der Waals surface area contributed by atoms with Crippen LogP contribution in [0.3, 0.4) is 0 Å².